The van der Waals surface area contributed by atoms with Gasteiger partial charge in [0.1, 0.15) is 7.85 Å². The Balaban J connectivity index is 2.51. The van der Waals surface area contributed by atoms with E-state index in [0.29, 0.717) is 6.10 Å². The minimum absolute atomic E-state index is 0.0643. The minimum Gasteiger partial charge on any atom is -0.379 e. The molecule has 0 saturated carbocycles. The summed E-state index contributed by atoms with van der Waals surface area (Å²) in [6, 6.07) is 0.256. The molecule has 1 fully saturated rings. The van der Waals surface area contributed by atoms with Crippen LogP contribution in [0.3, 0.4) is 0 Å². The molecule has 1 rings (SSSR count). The second-order valence-corrected chi connectivity index (χ2v) is 4.00. The highest BCUT2D eigenvalue weighted by Crippen LogP contribution is 2.34. The minimum atomic E-state index is 0.0643. The average Bonchev–Trinajstić information content (AvgIpc) is 2.27. The van der Waals surface area contributed by atoms with Gasteiger partial charge in [0.2, 0.25) is 0 Å². The van der Waals surface area contributed by atoms with Gasteiger partial charge in [-0.1, -0.05) is 13.3 Å². The van der Waals surface area contributed by atoms with Crippen LogP contribution in [0.25, 0.3) is 0 Å². The summed E-state index contributed by atoms with van der Waals surface area (Å²) in [6.07, 6.45) is 3.65. The van der Waals surface area contributed by atoms with Crippen LogP contribution in [-0.4, -0.2) is 32.7 Å². The molecule has 3 heteroatoms. The van der Waals surface area contributed by atoms with Crippen molar-refractivity contribution in [2.75, 3.05) is 7.11 Å². The van der Waals surface area contributed by atoms with Crippen LogP contribution >= 0.6 is 0 Å². The lowest BCUT2D eigenvalue weighted by atomic mass is 9.90. The van der Waals surface area contributed by atoms with E-state index in [9.17, 15) is 0 Å². The molecule has 1 saturated heterocycles. The van der Waals surface area contributed by atoms with Gasteiger partial charge in [0.05, 0.1) is 17.7 Å². The van der Waals surface area contributed by atoms with Crippen LogP contribution in [0.15, 0.2) is 0 Å². The molecule has 1 aliphatic heterocycles. The van der Waals surface area contributed by atoms with E-state index < -0.39 is 0 Å². The topological polar surface area (TPSA) is 18.5 Å². The van der Waals surface area contributed by atoms with Crippen molar-refractivity contribution in [2.24, 2.45) is 0 Å². The molecule has 0 aliphatic carbocycles. The first-order chi connectivity index (χ1) is 5.61. The van der Waals surface area contributed by atoms with E-state index in [4.69, 9.17) is 9.47 Å². The van der Waals surface area contributed by atoms with Gasteiger partial charge < -0.3 is 9.47 Å². The fourth-order valence-electron chi connectivity index (χ4n) is 2.13. The van der Waals surface area contributed by atoms with Gasteiger partial charge in [-0.15, -0.1) is 0 Å². The van der Waals surface area contributed by atoms with Crippen LogP contribution in [-0.2, 0) is 9.47 Å². The largest absolute Gasteiger partial charge is 0.379 e. The molecule has 2 unspecified atom stereocenters. The molecule has 0 bridgehead atoms. The van der Waals surface area contributed by atoms with Crippen LogP contribution in [0.1, 0.15) is 33.1 Å². The van der Waals surface area contributed by atoms with Crippen LogP contribution in [0.2, 0.25) is 0 Å². The molecule has 0 aromatic rings. The Labute approximate surface area is 76.0 Å². The maximum Gasteiger partial charge on any atom is 0.142 e. The molecule has 2 nitrogen and oxygen atoms in total. The third kappa shape index (κ3) is 2.02. The van der Waals surface area contributed by atoms with E-state index in [0.717, 1.165) is 12.8 Å². The van der Waals surface area contributed by atoms with Gasteiger partial charge in [-0.25, -0.2) is 0 Å². The van der Waals surface area contributed by atoms with Crippen molar-refractivity contribution in [3.63, 3.8) is 0 Å². The van der Waals surface area contributed by atoms with Crippen molar-refractivity contribution in [3.05, 3.63) is 0 Å². The Kier molecular flexibility index (Phi) is 3.19. The first-order valence-corrected chi connectivity index (χ1v) is 4.82. The van der Waals surface area contributed by atoms with Crippen LogP contribution in [0.5, 0.6) is 0 Å². The second kappa shape index (κ2) is 3.80. The zero-order valence-corrected chi connectivity index (χ0v) is 8.59. The fourth-order valence-corrected chi connectivity index (χ4v) is 2.13. The van der Waals surface area contributed by atoms with Gasteiger partial charge in [0, 0.05) is 13.5 Å². The summed E-state index contributed by atoms with van der Waals surface area (Å²) in [5.74, 6) is 0. The summed E-state index contributed by atoms with van der Waals surface area (Å²) in [4.78, 5) is 0. The molecule has 3 atom stereocenters. The van der Waals surface area contributed by atoms with Crippen molar-refractivity contribution >= 4 is 7.85 Å². The Bertz CT molecular complexity index is 151. The number of methoxy groups -OCH3 is 1. The molecule has 0 aromatic heterocycles. The third-order valence-electron chi connectivity index (χ3n) is 2.71. The first-order valence-electron chi connectivity index (χ1n) is 4.82. The van der Waals surface area contributed by atoms with Gasteiger partial charge in [-0.05, 0) is 13.3 Å². The number of hydrogen-bond acceptors (Lipinski definition) is 2. The second-order valence-electron chi connectivity index (χ2n) is 4.00. The van der Waals surface area contributed by atoms with Gasteiger partial charge in [-0.2, -0.15) is 0 Å². The van der Waals surface area contributed by atoms with Crippen molar-refractivity contribution in [1.29, 1.82) is 0 Å². The van der Waals surface area contributed by atoms with Crippen molar-refractivity contribution in [3.8, 4) is 0 Å². The zero-order valence-electron chi connectivity index (χ0n) is 8.59. The van der Waals surface area contributed by atoms with E-state index in [1.165, 1.54) is 6.42 Å². The van der Waals surface area contributed by atoms with Gasteiger partial charge >= 0.3 is 0 Å². The third-order valence-corrected chi connectivity index (χ3v) is 2.71. The molecule has 12 heavy (non-hydrogen) atoms. The highest BCUT2D eigenvalue weighted by molar-refractivity contribution is 6.11. The number of ether oxygens (including phenoxy) is 2. The normalized spacial score (nSPS) is 41.9. The molecule has 70 valence electrons. The molecule has 1 heterocycles. The Morgan fingerprint density at radius 3 is 2.75 bits per heavy atom. The first kappa shape index (κ1) is 10.1. The Morgan fingerprint density at radius 2 is 2.33 bits per heavy atom. The van der Waals surface area contributed by atoms with Crippen molar-refractivity contribution in [1.82, 2.24) is 0 Å². The SMILES string of the molecule is BC1O[C@@](C)(CCC)CC1OC. The summed E-state index contributed by atoms with van der Waals surface area (Å²) in [5, 5.41) is 0. The van der Waals surface area contributed by atoms with E-state index in [1.54, 1.807) is 7.11 Å². The van der Waals surface area contributed by atoms with Crippen molar-refractivity contribution in [2.45, 2.75) is 50.8 Å². The highest BCUT2D eigenvalue weighted by atomic mass is 16.6. The predicted molar refractivity (Wildman–Crippen MR) is 52.1 cm³/mol. The molecular formula is C9H19BO2. The summed E-state index contributed by atoms with van der Waals surface area (Å²) in [7, 11) is 3.86. The van der Waals surface area contributed by atoms with Gasteiger partial charge in [0.25, 0.3) is 0 Å². The number of hydrogen-bond donors (Lipinski definition) is 0. The Morgan fingerprint density at radius 1 is 1.67 bits per heavy atom. The predicted octanol–water partition coefficient (Wildman–Crippen LogP) is 0.940. The lowest BCUT2D eigenvalue weighted by Crippen LogP contribution is -2.24. The maximum atomic E-state index is 5.87. The lowest BCUT2D eigenvalue weighted by Gasteiger charge is -2.22. The average molecular weight is 170 g/mol. The molecule has 0 aromatic carbocycles. The molecule has 0 N–H and O–H groups in total. The molecule has 0 amide bonds. The quantitative estimate of drug-likeness (QED) is 0.587. The van der Waals surface area contributed by atoms with Crippen molar-refractivity contribution < 1.29 is 9.47 Å². The number of rotatable bonds is 3. The lowest BCUT2D eigenvalue weighted by molar-refractivity contribution is -0.0139. The van der Waals surface area contributed by atoms with E-state index in [2.05, 4.69) is 21.7 Å². The molecule has 0 spiro atoms. The summed E-state index contributed by atoms with van der Waals surface area (Å²) < 4.78 is 11.2. The van der Waals surface area contributed by atoms with E-state index in [-0.39, 0.29) is 11.6 Å². The molecular weight excluding hydrogens is 151 g/mol. The summed E-state index contributed by atoms with van der Waals surface area (Å²) >= 11 is 0. The zero-order chi connectivity index (χ0) is 9.19. The Hall–Kier alpha value is -0.0151. The van der Waals surface area contributed by atoms with E-state index in [1.807, 2.05) is 0 Å². The standard InChI is InChI=1S/C9H19BO2/c1-4-5-9(2)6-7(11-3)8(10)12-9/h7-8H,4-6,10H2,1-3H3/t7?,8?,9-/m0/s1. The molecule has 1 aliphatic rings. The smallest absolute Gasteiger partial charge is 0.142 e. The fraction of sp³-hybridized carbons (Fsp3) is 1.00. The van der Waals surface area contributed by atoms with Gasteiger partial charge in [0.15, 0.2) is 0 Å². The van der Waals surface area contributed by atoms with E-state index >= 15 is 0 Å². The van der Waals surface area contributed by atoms with Crippen LogP contribution < -0.4 is 0 Å². The maximum absolute atomic E-state index is 5.87. The highest BCUT2D eigenvalue weighted by Gasteiger charge is 2.40. The van der Waals surface area contributed by atoms with Crippen LogP contribution in [0, 0.1) is 0 Å². The monoisotopic (exact) mass is 170 g/mol. The molecule has 0 radical (unpaired) electrons. The van der Waals surface area contributed by atoms with Crippen LogP contribution in [0.4, 0.5) is 0 Å². The summed E-state index contributed by atoms with van der Waals surface area (Å²) in [5.41, 5.74) is 0.0643. The summed E-state index contributed by atoms with van der Waals surface area (Å²) in [6.45, 7) is 4.38. The van der Waals surface area contributed by atoms with Gasteiger partial charge in [-0.3, -0.25) is 0 Å².